The Labute approximate surface area is 127 Å². The van der Waals surface area contributed by atoms with Crippen molar-refractivity contribution in [3.05, 3.63) is 42.1 Å². The van der Waals surface area contributed by atoms with Gasteiger partial charge in [-0.2, -0.15) is 0 Å². The van der Waals surface area contributed by atoms with Crippen LogP contribution in [0.4, 0.5) is 0 Å². The Bertz CT molecular complexity index is 591. The standard InChI is InChI=1S/C19H25NO/c1-3-4-5-6-10-17(14-15(2)21)19-13-12-16-9-7-8-11-18(16)20-19/h7-9,11-13,17H,3-6,10,14H2,1-2H3. The lowest BCUT2D eigenvalue weighted by atomic mass is 9.92. The minimum absolute atomic E-state index is 0.255. The number of hydrogen-bond donors (Lipinski definition) is 0. The number of fused-ring (bicyclic) bond motifs is 1. The van der Waals surface area contributed by atoms with E-state index in [1.54, 1.807) is 6.92 Å². The summed E-state index contributed by atoms with van der Waals surface area (Å²) in [6.45, 7) is 3.90. The van der Waals surface area contributed by atoms with E-state index in [1.165, 1.54) is 25.7 Å². The second kappa shape index (κ2) is 7.92. The number of pyridine rings is 1. The Morgan fingerprint density at radius 2 is 1.90 bits per heavy atom. The van der Waals surface area contributed by atoms with Gasteiger partial charge in [-0.1, -0.05) is 56.9 Å². The van der Waals surface area contributed by atoms with Crippen LogP contribution in [0.25, 0.3) is 10.9 Å². The maximum atomic E-state index is 11.6. The fourth-order valence-corrected chi connectivity index (χ4v) is 2.83. The van der Waals surface area contributed by atoms with Crippen LogP contribution in [0.15, 0.2) is 36.4 Å². The number of rotatable bonds is 8. The predicted octanol–water partition coefficient (Wildman–Crippen LogP) is 5.27. The molecule has 0 spiro atoms. The maximum absolute atomic E-state index is 11.6. The van der Waals surface area contributed by atoms with E-state index in [0.717, 1.165) is 23.0 Å². The van der Waals surface area contributed by atoms with Gasteiger partial charge in [-0.05, 0) is 25.5 Å². The smallest absolute Gasteiger partial charge is 0.130 e. The van der Waals surface area contributed by atoms with E-state index in [1.807, 2.05) is 18.2 Å². The average Bonchev–Trinajstić information content (AvgIpc) is 2.49. The van der Waals surface area contributed by atoms with Gasteiger partial charge in [0.2, 0.25) is 0 Å². The molecule has 1 aromatic carbocycles. The lowest BCUT2D eigenvalue weighted by Gasteiger charge is -2.15. The number of ketones is 1. The summed E-state index contributed by atoms with van der Waals surface area (Å²) in [5, 5.41) is 1.16. The van der Waals surface area contributed by atoms with Crippen LogP contribution in [0.3, 0.4) is 0 Å². The molecule has 21 heavy (non-hydrogen) atoms. The van der Waals surface area contributed by atoms with Crippen molar-refractivity contribution in [1.82, 2.24) is 4.98 Å². The number of carbonyl (C=O) groups is 1. The van der Waals surface area contributed by atoms with Crippen LogP contribution < -0.4 is 0 Å². The predicted molar refractivity (Wildman–Crippen MR) is 88.5 cm³/mol. The van der Waals surface area contributed by atoms with Crippen LogP contribution in [0.5, 0.6) is 0 Å². The van der Waals surface area contributed by atoms with E-state index in [4.69, 9.17) is 4.98 Å². The second-order valence-corrected chi connectivity index (χ2v) is 5.88. The number of nitrogens with zero attached hydrogens (tertiary/aromatic N) is 1. The number of benzene rings is 1. The summed E-state index contributed by atoms with van der Waals surface area (Å²) >= 11 is 0. The molecule has 0 aliphatic carbocycles. The van der Waals surface area contributed by atoms with Gasteiger partial charge < -0.3 is 4.79 Å². The Morgan fingerprint density at radius 1 is 1.10 bits per heavy atom. The third-order valence-corrected chi connectivity index (χ3v) is 3.98. The molecule has 0 N–H and O–H groups in total. The first-order valence-electron chi connectivity index (χ1n) is 8.06. The lowest BCUT2D eigenvalue weighted by molar-refractivity contribution is -0.117. The van der Waals surface area contributed by atoms with Gasteiger partial charge in [0.15, 0.2) is 0 Å². The summed E-state index contributed by atoms with van der Waals surface area (Å²) < 4.78 is 0. The molecule has 0 bridgehead atoms. The molecule has 0 amide bonds. The van der Waals surface area contributed by atoms with Crippen molar-refractivity contribution in [2.45, 2.75) is 58.3 Å². The Balaban J connectivity index is 2.14. The molecule has 2 aromatic rings. The van der Waals surface area contributed by atoms with E-state index in [0.29, 0.717) is 6.42 Å². The second-order valence-electron chi connectivity index (χ2n) is 5.88. The summed E-state index contributed by atoms with van der Waals surface area (Å²) in [6.07, 6.45) is 6.62. The SMILES string of the molecule is CCCCCCC(CC(C)=O)c1ccc2ccccc2n1. The third-order valence-electron chi connectivity index (χ3n) is 3.98. The van der Waals surface area contributed by atoms with E-state index in [9.17, 15) is 4.79 Å². The minimum atomic E-state index is 0.255. The highest BCUT2D eigenvalue weighted by Crippen LogP contribution is 2.26. The van der Waals surface area contributed by atoms with Gasteiger partial charge in [0.25, 0.3) is 0 Å². The van der Waals surface area contributed by atoms with Crippen LogP contribution in [-0.2, 0) is 4.79 Å². The molecule has 1 heterocycles. The number of Topliss-reactive ketones (excluding diaryl/α,β-unsaturated/α-hetero) is 1. The average molecular weight is 283 g/mol. The molecule has 2 rings (SSSR count). The molecule has 1 aromatic heterocycles. The molecule has 0 aliphatic rings. The summed E-state index contributed by atoms with van der Waals surface area (Å²) in [6, 6.07) is 12.4. The van der Waals surface area contributed by atoms with E-state index in [2.05, 4.69) is 25.1 Å². The van der Waals surface area contributed by atoms with Crippen molar-refractivity contribution in [3.63, 3.8) is 0 Å². The van der Waals surface area contributed by atoms with Crippen molar-refractivity contribution < 1.29 is 4.79 Å². The largest absolute Gasteiger partial charge is 0.300 e. The van der Waals surface area contributed by atoms with Crippen molar-refractivity contribution in [1.29, 1.82) is 0 Å². The highest BCUT2D eigenvalue weighted by atomic mass is 16.1. The van der Waals surface area contributed by atoms with Gasteiger partial charge in [0.1, 0.15) is 5.78 Å². The van der Waals surface area contributed by atoms with Gasteiger partial charge in [-0.25, -0.2) is 0 Å². The van der Waals surface area contributed by atoms with Crippen LogP contribution in [0.2, 0.25) is 0 Å². The highest BCUT2D eigenvalue weighted by molar-refractivity contribution is 5.79. The molecule has 1 unspecified atom stereocenters. The molecule has 2 heteroatoms. The van der Waals surface area contributed by atoms with Crippen LogP contribution in [0.1, 0.15) is 64.0 Å². The normalized spacial score (nSPS) is 12.5. The quantitative estimate of drug-likeness (QED) is 0.618. The van der Waals surface area contributed by atoms with Crippen LogP contribution >= 0.6 is 0 Å². The molecule has 1 atom stereocenters. The number of aromatic nitrogens is 1. The molecule has 0 saturated carbocycles. The molecular weight excluding hydrogens is 258 g/mol. The van der Waals surface area contributed by atoms with E-state index >= 15 is 0 Å². The summed E-state index contributed by atoms with van der Waals surface area (Å²) in [5.74, 6) is 0.523. The first-order valence-corrected chi connectivity index (χ1v) is 8.06. The van der Waals surface area contributed by atoms with E-state index < -0.39 is 0 Å². The molecular formula is C19H25NO. The van der Waals surface area contributed by atoms with Crippen LogP contribution in [0, 0.1) is 0 Å². The zero-order valence-electron chi connectivity index (χ0n) is 13.1. The number of carbonyl (C=O) groups excluding carboxylic acids is 1. The molecule has 0 saturated heterocycles. The van der Waals surface area contributed by atoms with Crippen molar-refractivity contribution in [2.75, 3.05) is 0 Å². The molecule has 0 aliphatic heterocycles. The zero-order chi connectivity index (χ0) is 15.1. The monoisotopic (exact) mass is 283 g/mol. The van der Waals surface area contributed by atoms with Crippen molar-refractivity contribution >= 4 is 16.7 Å². The Kier molecular flexibility index (Phi) is 5.91. The van der Waals surface area contributed by atoms with Crippen molar-refractivity contribution in [2.24, 2.45) is 0 Å². The molecule has 2 nitrogen and oxygen atoms in total. The Hall–Kier alpha value is -1.70. The third kappa shape index (κ3) is 4.66. The highest BCUT2D eigenvalue weighted by Gasteiger charge is 2.15. The van der Waals surface area contributed by atoms with E-state index in [-0.39, 0.29) is 11.7 Å². The van der Waals surface area contributed by atoms with Crippen LogP contribution in [-0.4, -0.2) is 10.8 Å². The Morgan fingerprint density at radius 3 is 2.67 bits per heavy atom. The zero-order valence-corrected chi connectivity index (χ0v) is 13.1. The minimum Gasteiger partial charge on any atom is -0.300 e. The van der Waals surface area contributed by atoms with Gasteiger partial charge in [0, 0.05) is 23.4 Å². The van der Waals surface area contributed by atoms with Gasteiger partial charge >= 0.3 is 0 Å². The van der Waals surface area contributed by atoms with Gasteiger partial charge in [0.05, 0.1) is 5.52 Å². The number of unbranched alkanes of at least 4 members (excludes halogenated alkanes) is 3. The fourth-order valence-electron chi connectivity index (χ4n) is 2.83. The number of hydrogen-bond acceptors (Lipinski definition) is 2. The van der Waals surface area contributed by atoms with Crippen molar-refractivity contribution in [3.8, 4) is 0 Å². The molecule has 0 fully saturated rings. The lowest BCUT2D eigenvalue weighted by Crippen LogP contribution is -2.07. The molecule has 112 valence electrons. The summed E-state index contributed by atoms with van der Waals surface area (Å²) in [4.78, 5) is 16.3. The summed E-state index contributed by atoms with van der Waals surface area (Å²) in [7, 11) is 0. The molecule has 0 radical (unpaired) electrons. The first-order chi connectivity index (χ1) is 10.2. The van der Waals surface area contributed by atoms with Gasteiger partial charge in [-0.3, -0.25) is 4.98 Å². The van der Waals surface area contributed by atoms with Gasteiger partial charge in [-0.15, -0.1) is 0 Å². The maximum Gasteiger partial charge on any atom is 0.130 e. The fraction of sp³-hybridized carbons (Fsp3) is 0.474. The topological polar surface area (TPSA) is 30.0 Å². The summed E-state index contributed by atoms with van der Waals surface area (Å²) in [5.41, 5.74) is 2.09. The number of para-hydroxylation sites is 1. The first kappa shape index (κ1) is 15.7.